The normalized spacial score (nSPS) is 11.1. The lowest BCUT2D eigenvalue weighted by Gasteiger charge is -2.08. The highest BCUT2D eigenvalue weighted by atomic mass is 32.1. The predicted molar refractivity (Wildman–Crippen MR) is 89.1 cm³/mol. The highest BCUT2D eigenvalue weighted by Gasteiger charge is 2.12. The third-order valence-electron chi connectivity index (χ3n) is 3.59. The maximum atomic E-state index is 5.57. The van der Waals surface area contributed by atoms with Gasteiger partial charge in [0.25, 0.3) is 0 Å². The summed E-state index contributed by atoms with van der Waals surface area (Å²) in [5, 5.41) is 3.38. The van der Waals surface area contributed by atoms with Crippen molar-refractivity contribution in [2.75, 3.05) is 7.11 Å². The Kier molecular flexibility index (Phi) is 2.86. The SMILES string of the molecule is COc1cc2ccccc2cc1-c1nc2ccccc2s1. The van der Waals surface area contributed by atoms with Crippen LogP contribution in [0.3, 0.4) is 0 Å². The molecular formula is C18H13NOS. The fraction of sp³-hybridized carbons (Fsp3) is 0.0556. The van der Waals surface area contributed by atoms with E-state index in [1.807, 2.05) is 24.3 Å². The Hall–Kier alpha value is -2.39. The van der Waals surface area contributed by atoms with Crippen molar-refractivity contribution in [3.63, 3.8) is 0 Å². The van der Waals surface area contributed by atoms with Gasteiger partial charge in [-0.05, 0) is 35.0 Å². The van der Waals surface area contributed by atoms with Crippen LogP contribution in [-0.2, 0) is 0 Å². The van der Waals surface area contributed by atoms with Crippen molar-refractivity contribution in [1.82, 2.24) is 4.98 Å². The molecule has 2 nitrogen and oxygen atoms in total. The van der Waals surface area contributed by atoms with E-state index < -0.39 is 0 Å². The van der Waals surface area contributed by atoms with E-state index in [0.717, 1.165) is 21.8 Å². The number of aromatic nitrogens is 1. The number of fused-ring (bicyclic) bond motifs is 2. The molecule has 0 aliphatic carbocycles. The molecule has 0 amide bonds. The van der Waals surface area contributed by atoms with Crippen LogP contribution in [0.1, 0.15) is 0 Å². The van der Waals surface area contributed by atoms with Gasteiger partial charge in [0, 0.05) is 0 Å². The van der Waals surface area contributed by atoms with Crippen molar-refractivity contribution in [1.29, 1.82) is 0 Å². The van der Waals surface area contributed by atoms with Gasteiger partial charge in [0.05, 0.1) is 22.9 Å². The third kappa shape index (κ3) is 2.06. The number of nitrogens with zero attached hydrogens (tertiary/aromatic N) is 1. The topological polar surface area (TPSA) is 22.1 Å². The van der Waals surface area contributed by atoms with Crippen LogP contribution in [0.15, 0.2) is 60.7 Å². The van der Waals surface area contributed by atoms with Crippen molar-refractivity contribution in [2.45, 2.75) is 0 Å². The standard InChI is InChI=1S/C18H13NOS/c1-20-16-11-13-7-3-2-6-12(13)10-14(16)18-19-15-8-4-5-9-17(15)21-18/h2-11H,1H3. The molecule has 21 heavy (non-hydrogen) atoms. The van der Waals surface area contributed by atoms with Crippen LogP contribution >= 0.6 is 11.3 Å². The van der Waals surface area contributed by atoms with Crippen LogP contribution in [0, 0.1) is 0 Å². The molecule has 4 rings (SSSR count). The molecule has 0 atom stereocenters. The molecule has 0 fully saturated rings. The summed E-state index contributed by atoms with van der Waals surface area (Å²) < 4.78 is 6.77. The summed E-state index contributed by atoms with van der Waals surface area (Å²) in [7, 11) is 1.71. The summed E-state index contributed by atoms with van der Waals surface area (Å²) in [5.41, 5.74) is 2.09. The zero-order valence-corrected chi connectivity index (χ0v) is 12.4. The number of hydrogen-bond acceptors (Lipinski definition) is 3. The van der Waals surface area contributed by atoms with Crippen molar-refractivity contribution in [3.05, 3.63) is 60.7 Å². The molecular weight excluding hydrogens is 278 g/mol. The molecule has 1 aromatic heterocycles. The molecule has 0 N–H and O–H groups in total. The Morgan fingerprint density at radius 3 is 2.38 bits per heavy atom. The van der Waals surface area contributed by atoms with Crippen molar-refractivity contribution in [2.24, 2.45) is 0 Å². The van der Waals surface area contributed by atoms with Gasteiger partial charge in [-0.1, -0.05) is 36.4 Å². The second-order valence-electron chi connectivity index (χ2n) is 4.89. The number of thiazole rings is 1. The van der Waals surface area contributed by atoms with Gasteiger partial charge in [-0.15, -0.1) is 11.3 Å². The lowest BCUT2D eigenvalue weighted by atomic mass is 10.1. The molecule has 0 spiro atoms. The van der Waals surface area contributed by atoms with Crippen LogP contribution in [0.5, 0.6) is 5.75 Å². The molecule has 0 aliphatic rings. The minimum absolute atomic E-state index is 0.868. The fourth-order valence-corrected chi connectivity index (χ4v) is 3.53. The summed E-state index contributed by atoms with van der Waals surface area (Å²) in [6.45, 7) is 0. The zero-order valence-electron chi connectivity index (χ0n) is 11.5. The van der Waals surface area contributed by atoms with Crippen LogP contribution in [0.25, 0.3) is 31.6 Å². The summed E-state index contributed by atoms with van der Waals surface area (Å²) in [6, 6.07) is 20.8. The molecule has 4 aromatic rings. The second kappa shape index (κ2) is 4.86. The van der Waals surface area contributed by atoms with Gasteiger partial charge in [-0.3, -0.25) is 0 Å². The first-order valence-corrected chi connectivity index (χ1v) is 7.59. The molecule has 0 saturated heterocycles. The zero-order chi connectivity index (χ0) is 14.2. The highest BCUT2D eigenvalue weighted by Crippen LogP contribution is 2.38. The van der Waals surface area contributed by atoms with E-state index in [9.17, 15) is 0 Å². The Bertz CT molecular complexity index is 909. The van der Waals surface area contributed by atoms with E-state index >= 15 is 0 Å². The van der Waals surface area contributed by atoms with Crippen LogP contribution in [-0.4, -0.2) is 12.1 Å². The number of hydrogen-bond donors (Lipinski definition) is 0. The molecule has 0 aliphatic heterocycles. The molecule has 0 radical (unpaired) electrons. The highest BCUT2D eigenvalue weighted by molar-refractivity contribution is 7.21. The maximum absolute atomic E-state index is 5.57. The second-order valence-corrected chi connectivity index (χ2v) is 5.92. The first-order valence-electron chi connectivity index (χ1n) is 6.78. The first kappa shape index (κ1) is 12.4. The number of benzene rings is 3. The Morgan fingerprint density at radius 1 is 0.905 bits per heavy atom. The first-order chi connectivity index (χ1) is 10.3. The molecule has 0 unspecified atom stereocenters. The molecule has 3 aromatic carbocycles. The fourth-order valence-electron chi connectivity index (χ4n) is 2.54. The number of para-hydroxylation sites is 1. The quantitative estimate of drug-likeness (QED) is 0.511. The van der Waals surface area contributed by atoms with Crippen LogP contribution in [0.2, 0.25) is 0 Å². The molecule has 1 heterocycles. The minimum atomic E-state index is 0.868. The monoisotopic (exact) mass is 291 g/mol. The largest absolute Gasteiger partial charge is 0.496 e. The summed E-state index contributed by atoms with van der Waals surface area (Å²) in [6.07, 6.45) is 0. The van der Waals surface area contributed by atoms with Crippen LogP contribution in [0.4, 0.5) is 0 Å². The Balaban J connectivity index is 1.99. The van der Waals surface area contributed by atoms with Crippen molar-refractivity contribution >= 4 is 32.3 Å². The van der Waals surface area contributed by atoms with Gasteiger partial charge in [0.2, 0.25) is 0 Å². The maximum Gasteiger partial charge on any atom is 0.129 e. The van der Waals surface area contributed by atoms with Gasteiger partial charge >= 0.3 is 0 Å². The Morgan fingerprint density at radius 2 is 1.62 bits per heavy atom. The van der Waals surface area contributed by atoms with Gasteiger partial charge in [-0.25, -0.2) is 4.98 Å². The van der Waals surface area contributed by atoms with E-state index in [0.29, 0.717) is 0 Å². The molecule has 0 bridgehead atoms. The van der Waals surface area contributed by atoms with E-state index in [2.05, 4.69) is 36.4 Å². The predicted octanol–water partition coefficient (Wildman–Crippen LogP) is 5.13. The lowest BCUT2D eigenvalue weighted by Crippen LogP contribution is -1.88. The summed E-state index contributed by atoms with van der Waals surface area (Å²) >= 11 is 1.70. The third-order valence-corrected chi connectivity index (χ3v) is 4.66. The van der Waals surface area contributed by atoms with Gasteiger partial charge in [0.1, 0.15) is 10.8 Å². The summed E-state index contributed by atoms with van der Waals surface area (Å²) in [4.78, 5) is 4.74. The number of rotatable bonds is 2. The van der Waals surface area contributed by atoms with E-state index in [1.54, 1.807) is 18.4 Å². The molecule has 102 valence electrons. The molecule has 3 heteroatoms. The van der Waals surface area contributed by atoms with Gasteiger partial charge < -0.3 is 4.74 Å². The number of ether oxygens (including phenoxy) is 1. The Labute approximate surface area is 126 Å². The average Bonchev–Trinajstić information content (AvgIpc) is 2.97. The van der Waals surface area contributed by atoms with E-state index in [4.69, 9.17) is 9.72 Å². The minimum Gasteiger partial charge on any atom is -0.496 e. The van der Waals surface area contributed by atoms with E-state index in [1.165, 1.54) is 15.5 Å². The summed E-state index contributed by atoms with van der Waals surface area (Å²) in [5.74, 6) is 0.868. The van der Waals surface area contributed by atoms with E-state index in [-0.39, 0.29) is 0 Å². The lowest BCUT2D eigenvalue weighted by molar-refractivity contribution is 0.417. The van der Waals surface area contributed by atoms with Gasteiger partial charge in [-0.2, -0.15) is 0 Å². The van der Waals surface area contributed by atoms with Crippen LogP contribution < -0.4 is 4.74 Å². The van der Waals surface area contributed by atoms with Crippen molar-refractivity contribution < 1.29 is 4.74 Å². The number of methoxy groups -OCH3 is 1. The van der Waals surface area contributed by atoms with Gasteiger partial charge in [0.15, 0.2) is 0 Å². The molecule has 0 saturated carbocycles. The smallest absolute Gasteiger partial charge is 0.129 e. The average molecular weight is 291 g/mol. The van der Waals surface area contributed by atoms with Crippen molar-refractivity contribution in [3.8, 4) is 16.3 Å².